The second kappa shape index (κ2) is 6.36. The van der Waals surface area contributed by atoms with Crippen molar-refractivity contribution in [3.63, 3.8) is 0 Å². The van der Waals surface area contributed by atoms with E-state index in [9.17, 15) is 21.6 Å². The van der Waals surface area contributed by atoms with Crippen molar-refractivity contribution < 1.29 is 26.4 Å². The third-order valence-electron chi connectivity index (χ3n) is 3.59. The van der Waals surface area contributed by atoms with Gasteiger partial charge in [0.15, 0.2) is 0 Å². The van der Waals surface area contributed by atoms with Gasteiger partial charge in [0.25, 0.3) is 15.9 Å². The molecule has 0 radical (unpaired) electrons. The molecule has 0 aromatic heterocycles. The highest BCUT2D eigenvalue weighted by atomic mass is 33.1. The fraction of sp³-hybridized carbons (Fsp3) is 0.133. The number of sulfonamides is 1. The Bertz CT molecular complexity index is 1030. The number of fused-ring (bicyclic) bond motifs is 1. The lowest BCUT2D eigenvalue weighted by Crippen LogP contribution is -2.30. The minimum absolute atomic E-state index is 0.000131. The number of benzene rings is 2. The van der Waals surface area contributed by atoms with Crippen molar-refractivity contribution in [3.05, 3.63) is 54.1 Å². The van der Waals surface area contributed by atoms with Crippen molar-refractivity contribution in [1.29, 1.82) is 0 Å². The van der Waals surface area contributed by atoms with Gasteiger partial charge in [0, 0.05) is 0 Å². The molecular formula is C15H13NO6S3. The largest absolute Gasteiger partial charge is 0.497 e. The van der Waals surface area contributed by atoms with Gasteiger partial charge in [-0.25, -0.2) is 21.1 Å². The summed E-state index contributed by atoms with van der Waals surface area (Å²) in [6.07, 6.45) is 0. The van der Waals surface area contributed by atoms with Gasteiger partial charge in [-0.2, -0.15) is 0 Å². The summed E-state index contributed by atoms with van der Waals surface area (Å²) >= 11 is 0. The maximum absolute atomic E-state index is 12.4. The number of hydrogen-bond acceptors (Lipinski definition) is 7. The van der Waals surface area contributed by atoms with Gasteiger partial charge in [0.05, 0.1) is 23.4 Å². The monoisotopic (exact) mass is 399 g/mol. The molecule has 2 aromatic rings. The Morgan fingerprint density at radius 2 is 1.72 bits per heavy atom. The van der Waals surface area contributed by atoms with Crippen LogP contribution in [0.15, 0.2) is 58.3 Å². The molecule has 1 aliphatic rings. The van der Waals surface area contributed by atoms with E-state index in [4.69, 9.17) is 4.74 Å². The first-order chi connectivity index (χ1) is 11.8. The summed E-state index contributed by atoms with van der Waals surface area (Å²) in [7, 11) is -6.03. The summed E-state index contributed by atoms with van der Waals surface area (Å²) in [5.74, 6) is -0.755. The predicted molar refractivity (Wildman–Crippen MR) is 92.4 cm³/mol. The van der Waals surface area contributed by atoms with Crippen molar-refractivity contribution in [3.8, 4) is 5.75 Å². The minimum Gasteiger partial charge on any atom is -0.497 e. The molecule has 0 fully saturated rings. The number of carbonyl (C=O) groups excluding carboxylic acids is 1. The summed E-state index contributed by atoms with van der Waals surface area (Å²) in [6, 6.07) is 11.5. The number of methoxy groups -OCH3 is 1. The number of nitrogens with zero attached hydrogens (tertiary/aromatic N) is 1. The van der Waals surface area contributed by atoms with Gasteiger partial charge in [-0.05, 0) is 47.2 Å². The van der Waals surface area contributed by atoms with Gasteiger partial charge in [-0.3, -0.25) is 4.79 Å². The van der Waals surface area contributed by atoms with Gasteiger partial charge in [0.2, 0.25) is 8.87 Å². The van der Waals surface area contributed by atoms with Crippen LogP contribution in [0.2, 0.25) is 0 Å². The molecule has 0 spiro atoms. The molecule has 25 heavy (non-hydrogen) atoms. The smallest absolute Gasteiger partial charge is 0.269 e. The van der Waals surface area contributed by atoms with Crippen LogP contribution in [0.5, 0.6) is 5.75 Å². The van der Waals surface area contributed by atoms with Crippen LogP contribution >= 0.6 is 10.8 Å². The standard InChI is InChI=1S/C15H13NO6S3/c1-22-11-6-8-12(9-7-11)25(20,21)23-10-16-15(17)13-4-2-3-5-14(13)24(16,18)19/h2-9H,10H2,1H3. The second-order valence-electron chi connectivity index (χ2n) is 5.03. The highest BCUT2D eigenvalue weighted by Gasteiger charge is 2.41. The van der Waals surface area contributed by atoms with Crippen LogP contribution in [0.1, 0.15) is 10.4 Å². The van der Waals surface area contributed by atoms with Crippen LogP contribution < -0.4 is 4.74 Å². The van der Waals surface area contributed by atoms with Crippen molar-refractivity contribution in [1.82, 2.24) is 4.31 Å². The van der Waals surface area contributed by atoms with Crippen LogP contribution in [0.4, 0.5) is 0 Å². The molecule has 1 aliphatic heterocycles. The zero-order chi connectivity index (χ0) is 18.2. The highest BCUT2D eigenvalue weighted by Crippen LogP contribution is 2.33. The molecule has 1 amide bonds. The van der Waals surface area contributed by atoms with E-state index in [0.29, 0.717) is 20.8 Å². The summed E-state index contributed by atoms with van der Waals surface area (Å²) < 4.78 is 55.1. The molecule has 3 rings (SSSR count). The lowest BCUT2D eigenvalue weighted by molar-refractivity contribution is 0.0887. The van der Waals surface area contributed by atoms with Gasteiger partial charge < -0.3 is 4.74 Å². The lowest BCUT2D eigenvalue weighted by atomic mass is 10.2. The SMILES string of the molecule is COc1ccc(S(=O)(=O)SCN2C(=O)c3ccccc3S2(=O)=O)cc1. The molecule has 0 N–H and O–H groups in total. The normalized spacial score (nSPS) is 15.9. The van der Waals surface area contributed by atoms with Gasteiger partial charge in [0.1, 0.15) is 10.6 Å². The molecule has 1 heterocycles. The first-order valence-corrected chi connectivity index (χ1v) is 11.4. The number of carbonyl (C=O) groups is 1. The molecule has 7 nitrogen and oxygen atoms in total. The van der Waals surface area contributed by atoms with E-state index in [2.05, 4.69) is 0 Å². The van der Waals surface area contributed by atoms with E-state index in [0.717, 1.165) is 0 Å². The van der Waals surface area contributed by atoms with E-state index >= 15 is 0 Å². The Hall–Kier alpha value is -2.04. The molecule has 0 atom stereocenters. The summed E-state index contributed by atoms with van der Waals surface area (Å²) in [5.41, 5.74) is 0.0462. The van der Waals surface area contributed by atoms with E-state index < -0.39 is 30.7 Å². The Kier molecular flexibility index (Phi) is 4.52. The number of rotatable bonds is 5. The maximum Gasteiger partial charge on any atom is 0.269 e. The maximum atomic E-state index is 12.4. The third kappa shape index (κ3) is 3.12. The summed E-state index contributed by atoms with van der Waals surface area (Å²) in [5, 5.41) is 0. The number of amides is 1. The molecule has 0 unspecified atom stereocenters. The Morgan fingerprint density at radius 1 is 1.08 bits per heavy atom. The Labute approximate surface area is 149 Å². The average Bonchev–Trinajstić information content (AvgIpc) is 2.80. The van der Waals surface area contributed by atoms with Crippen molar-refractivity contribution >= 4 is 35.6 Å². The van der Waals surface area contributed by atoms with E-state index in [1.165, 1.54) is 49.6 Å². The zero-order valence-corrected chi connectivity index (χ0v) is 15.4. The third-order valence-corrected chi connectivity index (χ3v) is 8.88. The van der Waals surface area contributed by atoms with Crippen molar-refractivity contribution in [2.75, 3.05) is 13.0 Å². The molecular weight excluding hydrogens is 386 g/mol. The second-order valence-corrected chi connectivity index (χ2v) is 10.8. The quantitative estimate of drug-likeness (QED) is 0.709. The fourth-order valence-electron chi connectivity index (χ4n) is 2.29. The van der Waals surface area contributed by atoms with Crippen LogP contribution in [0, 0.1) is 0 Å². The Balaban J connectivity index is 1.83. The Morgan fingerprint density at radius 3 is 2.32 bits per heavy atom. The number of ether oxygens (including phenoxy) is 1. The lowest BCUT2D eigenvalue weighted by Gasteiger charge is -2.14. The molecule has 0 aliphatic carbocycles. The van der Waals surface area contributed by atoms with Crippen LogP contribution in [0.25, 0.3) is 0 Å². The topological polar surface area (TPSA) is 97.8 Å². The molecule has 0 bridgehead atoms. The molecule has 2 aromatic carbocycles. The fourth-order valence-corrected chi connectivity index (χ4v) is 6.87. The van der Waals surface area contributed by atoms with Crippen LogP contribution in [-0.4, -0.2) is 40.0 Å². The van der Waals surface area contributed by atoms with Crippen molar-refractivity contribution in [2.24, 2.45) is 0 Å². The molecule has 0 saturated heterocycles. The molecule has 132 valence electrons. The van der Waals surface area contributed by atoms with Gasteiger partial charge >= 0.3 is 0 Å². The number of hydrogen-bond donors (Lipinski definition) is 0. The van der Waals surface area contributed by atoms with E-state index in [-0.39, 0.29) is 15.4 Å². The predicted octanol–water partition coefficient (Wildman–Crippen LogP) is 1.92. The zero-order valence-electron chi connectivity index (χ0n) is 12.9. The average molecular weight is 399 g/mol. The molecule has 10 heteroatoms. The first kappa shape index (κ1) is 17.8. The highest BCUT2D eigenvalue weighted by molar-refractivity contribution is 8.72. The molecule has 0 saturated carbocycles. The van der Waals surface area contributed by atoms with Crippen LogP contribution in [-0.2, 0) is 18.9 Å². The van der Waals surface area contributed by atoms with Gasteiger partial charge in [-0.1, -0.05) is 12.1 Å². The van der Waals surface area contributed by atoms with Crippen molar-refractivity contribution in [2.45, 2.75) is 9.79 Å². The van der Waals surface area contributed by atoms with Crippen LogP contribution in [0.3, 0.4) is 0 Å². The first-order valence-electron chi connectivity index (χ1n) is 6.97. The van der Waals surface area contributed by atoms with E-state index in [1.54, 1.807) is 6.07 Å². The van der Waals surface area contributed by atoms with Gasteiger partial charge in [-0.15, -0.1) is 0 Å². The minimum atomic E-state index is -4.03. The summed E-state index contributed by atoms with van der Waals surface area (Å²) in [6.45, 7) is 0. The van der Waals surface area contributed by atoms with E-state index in [1.807, 2.05) is 0 Å². The summed E-state index contributed by atoms with van der Waals surface area (Å²) in [4.78, 5) is 12.2.